The zero-order valence-corrected chi connectivity index (χ0v) is 15.2. The number of hydrogen-bond acceptors (Lipinski definition) is 6. The average molecular weight is 362 g/mol. The van der Waals surface area contributed by atoms with Gasteiger partial charge in [0.25, 0.3) is 0 Å². The van der Waals surface area contributed by atoms with Crippen molar-refractivity contribution >= 4 is 28.2 Å². The number of ether oxygens (including phenoxy) is 2. The Hall–Kier alpha value is -2.38. The molecule has 2 aromatic rings. The maximum absolute atomic E-state index is 12.1. The van der Waals surface area contributed by atoms with Gasteiger partial charge in [-0.1, -0.05) is 18.2 Å². The van der Waals surface area contributed by atoms with Crippen molar-refractivity contribution in [2.75, 3.05) is 38.7 Å². The van der Waals surface area contributed by atoms with Crippen molar-refractivity contribution in [2.24, 2.45) is 0 Å². The molecule has 1 amide bonds. The van der Waals surface area contributed by atoms with Gasteiger partial charge in [-0.05, 0) is 37.6 Å². The molecular weight excluding hydrogens is 340 g/mol. The largest absolute Gasteiger partial charge is 0.492 e. The Kier molecular flexibility index (Phi) is 7.43. The van der Waals surface area contributed by atoms with Gasteiger partial charge in [-0.3, -0.25) is 9.69 Å². The highest BCUT2D eigenvalue weighted by Gasteiger charge is 2.16. The van der Waals surface area contributed by atoms with Crippen LogP contribution in [0, 0.1) is 0 Å². The first-order chi connectivity index (χ1) is 12.1. The zero-order valence-electron chi connectivity index (χ0n) is 14.4. The highest BCUT2D eigenvalue weighted by molar-refractivity contribution is 7.14. The molecule has 0 saturated carbocycles. The lowest BCUT2D eigenvalue weighted by Gasteiger charge is -2.16. The summed E-state index contributed by atoms with van der Waals surface area (Å²) in [5.41, 5.74) is 0.385. The maximum atomic E-state index is 12.1. The third-order valence-electron chi connectivity index (χ3n) is 3.31. The smallest absolute Gasteiger partial charge is 0.341 e. The van der Waals surface area contributed by atoms with E-state index < -0.39 is 5.97 Å². The van der Waals surface area contributed by atoms with E-state index in [4.69, 9.17) is 9.47 Å². The number of benzene rings is 1. The molecular formula is C18H22N2O4S. The number of anilines is 1. The molecule has 0 saturated heterocycles. The number of thiophene rings is 1. The van der Waals surface area contributed by atoms with Crippen molar-refractivity contribution in [3.63, 3.8) is 0 Å². The van der Waals surface area contributed by atoms with Crippen molar-refractivity contribution in [1.82, 2.24) is 4.90 Å². The molecule has 1 heterocycles. The van der Waals surface area contributed by atoms with Crippen LogP contribution in [-0.2, 0) is 9.53 Å². The fraction of sp³-hybridized carbons (Fsp3) is 0.333. The van der Waals surface area contributed by atoms with Crippen molar-refractivity contribution in [3.8, 4) is 5.75 Å². The van der Waals surface area contributed by atoms with Gasteiger partial charge < -0.3 is 14.8 Å². The van der Waals surface area contributed by atoms with E-state index >= 15 is 0 Å². The van der Waals surface area contributed by atoms with Gasteiger partial charge in [0, 0.05) is 6.54 Å². The van der Waals surface area contributed by atoms with E-state index in [9.17, 15) is 9.59 Å². The number of nitrogens with zero attached hydrogens (tertiary/aromatic N) is 1. The van der Waals surface area contributed by atoms with Gasteiger partial charge in [0.05, 0.1) is 18.7 Å². The van der Waals surface area contributed by atoms with E-state index in [1.165, 1.54) is 11.3 Å². The van der Waals surface area contributed by atoms with E-state index in [1.54, 1.807) is 18.4 Å². The van der Waals surface area contributed by atoms with Crippen LogP contribution >= 0.6 is 11.3 Å². The van der Waals surface area contributed by atoms with E-state index in [0.717, 1.165) is 5.75 Å². The zero-order chi connectivity index (χ0) is 18.1. The Morgan fingerprint density at radius 3 is 2.68 bits per heavy atom. The predicted octanol–water partition coefficient (Wildman–Crippen LogP) is 2.87. The number of rotatable bonds is 9. The fourth-order valence-corrected chi connectivity index (χ4v) is 2.89. The number of carbonyl (C=O) groups is 2. The van der Waals surface area contributed by atoms with Crippen LogP contribution in [0.15, 0.2) is 41.8 Å². The first-order valence-corrected chi connectivity index (χ1v) is 8.89. The van der Waals surface area contributed by atoms with Crippen LogP contribution in [-0.4, -0.2) is 50.1 Å². The second-order valence-electron chi connectivity index (χ2n) is 5.33. The Morgan fingerprint density at radius 2 is 1.96 bits per heavy atom. The number of amides is 1. The lowest BCUT2D eigenvalue weighted by Crippen LogP contribution is -2.33. The van der Waals surface area contributed by atoms with Crippen LogP contribution in [0.25, 0.3) is 0 Å². The monoisotopic (exact) mass is 362 g/mol. The van der Waals surface area contributed by atoms with Gasteiger partial charge >= 0.3 is 5.97 Å². The molecule has 0 bridgehead atoms. The fourth-order valence-electron chi connectivity index (χ4n) is 2.10. The van der Waals surface area contributed by atoms with E-state index in [-0.39, 0.29) is 12.5 Å². The summed E-state index contributed by atoms with van der Waals surface area (Å²) in [6, 6.07) is 11.2. The first-order valence-electron chi connectivity index (χ1n) is 8.01. The lowest BCUT2D eigenvalue weighted by molar-refractivity contribution is -0.117. The molecule has 1 aromatic carbocycles. The summed E-state index contributed by atoms with van der Waals surface area (Å²) in [5.74, 6) is 0.192. The van der Waals surface area contributed by atoms with Gasteiger partial charge in [0.15, 0.2) is 0 Å². The van der Waals surface area contributed by atoms with Crippen LogP contribution in [0.4, 0.5) is 5.00 Å². The maximum Gasteiger partial charge on any atom is 0.341 e. The molecule has 134 valence electrons. The van der Waals surface area contributed by atoms with Crippen LogP contribution in [0.2, 0.25) is 0 Å². The lowest BCUT2D eigenvalue weighted by atomic mass is 10.3. The molecule has 0 radical (unpaired) electrons. The quantitative estimate of drug-likeness (QED) is 0.695. The summed E-state index contributed by atoms with van der Waals surface area (Å²) < 4.78 is 10.6. The summed E-state index contributed by atoms with van der Waals surface area (Å²) >= 11 is 1.30. The molecule has 0 unspecified atom stereocenters. The Balaban J connectivity index is 1.76. The second kappa shape index (κ2) is 9.80. The Bertz CT molecular complexity index is 687. The highest BCUT2D eigenvalue weighted by atomic mass is 32.1. The van der Waals surface area contributed by atoms with Crippen LogP contribution in [0.1, 0.15) is 17.3 Å². The van der Waals surface area contributed by atoms with Crippen molar-refractivity contribution in [1.29, 1.82) is 0 Å². The summed E-state index contributed by atoms with van der Waals surface area (Å²) in [4.78, 5) is 25.8. The van der Waals surface area contributed by atoms with E-state index in [0.29, 0.717) is 30.3 Å². The third kappa shape index (κ3) is 6.21. The minimum Gasteiger partial charge on any atom is -0.492 e. The van der Waals surface area contributed by atoms with Crippen LogP contribution < -0.4 is 10.1 Å². The molecule has 0 fully saturated rings. The topological polar surface area (TPSA) is 67.9 Å². The Morgan fingerprint density at radius 1 is 1.20 bits per heavy atom. The normalized spacial score (nSPS) is 10.5. The molecule has 6 nitrogen and oxygen atoms in total. The minimum absolute atomic E-state index is 0.185. The number of para-hydroxylation sites is 1. The van der Waals surface area contributed by atoms with Gasteiger partial charge in [0.1, 0.15) is 17.4 Å². The first kappa shape index (κ1) is 19.0. The predicted molar refractivity (Wildman–Crippen MR) is 98.3 cm³/mol. The van der Waals surface area contributed by atoms with Crippen molar-refractivity contribution in [3.05, 3.63) is 47.3 Å². The molecule has 1 N–H and O–H groups in total. The van der Waals surface area contributed by atoms with Gasteiger partial charge in [0.2, 0.25) is 5.91 Å². The van der Waals surface area contributed by atoms with Crippen molar-refractivity contribution in [2.45, 2.75) is 6.92 Å². The highest BCUT2D eigenvalue weighted by Crippen LogP contribution is 2.24. The summed E-state index contributed by atoms with van der Waals surface area (Å²) in [6.07, 6.45) is 0. The second-order valence-corrected chi connectivity index (χ2v) is 6.25. The van der Waals surface area contributed by atoms with Crippen LogP contribution in [0.5, 0.6) is 5.75 Å². The molecule has 1 aromatic heterocycles. The van der Waals surface area contributed by atoms with Crippen LogP contribution in [0.3, 0.4) is 0 Å². The average Bonchev–Trinajstić information content (AvgIpc) is 3.04. The number of nitrogens with one attached hydrogen (secondary N) is 1. The van der Waals surface area contributed by atoms with Gasteiger partial charge in [-0.2, -0.15) is 0 Å². The minimum atomic E-state index is -0.427. The number of hydrogen-bond donors (Lipinski definition) is 1. The molecule has 0 spiro atoms. The molecule has 7 heteroatoms. The molecule has 0 aliphatic heterocycles. The molecule has 2 rings (SSSR count). The molecule has 0 atom stereocenters. The number of esters is 1. The standard InChI is InChI=1S/C18H22N2O4S/c1-3-23-18(22)15-9-12-25-17(15)19-16(21)13-20(2)10-11-24-14-7-5-4-6-8-14/h4-9,12H,3,10-11,13H2,1-2H3,(H,19,21). The summed E-state index contributed by atoms with van der Waals surface area (Å²) in [6.45, 7) is 3.35. The number of likely N-dealkylation sites (N-methyl/N-ethyl adjacent to an activating group) is 1. The summed E-state index contributed by atoms with van der Waals surface area (Å²) in [7, 11) is 1.84. The molecule has 0 aliphatic carbocycles. The van der Waals surface area contributed by atoms with Gasteiger partial charge in [-0.25, -0.2) is 4.79 Å². The third-order valence-corrected chi connectivity index (χ3v) is 4.14. The van der Waals surface area contributed by atoms with Crippen molar-refractivity contribution < 1.29 is 19.1 Å². The van der Waals surface area contributed by atoms with Gasteiger partial charge in [-0.15, -0.1) is 11.3 Å². The summed E-state index contributed by atoms with van der Waals surface area (Å²) in [5, 5.41) is 5.03. The Labute approximate surface area is 151 Å². The molecule has 25 heavy (non-hydrogen) atoms. The molecule has 0 aliphatic rings. The van der Waals surface area contributed by atoms with E-state index in [2.05, 4.69) is 5.32 Å². The number of carbonyl (C=O) groups excluding carboxylic acids is 2. The van der Waals surface area contributed by atoms with E-state index in [1.807, 2.05) is 42.3 Å². The SMILES string of the molecule is CCOC(=O)c1ccsc1NC(=O)CN(C)CCOc1ccccc1.